The Labute approximate surface area is 149 Å². The molecule has 1 aliphatic heterocycles. The molecule has 1 atom stereocenters. The Morgan fingerprint density at radius 2 is 2.08 bits per heavy atom. The number of aromatic nitrogens is 2. The fourth-order valence-corrected chi connectivity index (χ4v) is 3.41. The van der Waals surface area contributed by atoms with Crippen molar-refractivity contribution in [3.05, 3.63) is 76.4 Å². The van der Waals surface area contributed by atoms with Crippen LogP contribution in [0, 0.1) is 0 Å². The monoisotopic (exact) mass is 353 g/mol. The second-order valence-corrected chi connectivity index (χ2v) is 6.50. The topological polar surface area (TPSA) is 67.1 Å². The van der Waals surface area contributed by atoms with Gasteiger partial charge in [-0.15, -0.1) is 0 Å². The van der Waals surface area contributed by atoms with Crippen molar-refractivity contribution in [2.45, 2.75) is 18.9 Å². The molecule has 0 aliphatic carbocycles. The van der Waals surface area contributed by atoms with E-state index in [9.17, 15) is 9.90 Å². The molecular formula is C19H16ClN3O2. The van der Waals surface area contributed by atoms with Crippen LogP contribution in [-0.2, 0) is 11.3 Å². The Kier molecular flexibility index (Phi) is 3.93. The van der Waals surface area contributed by atoms with Gasteiger partial charge in [-0.1, -0.05) is 41.9 Å². The van der Waals surface area contributed by atoms with Crippen molar-refractivity contribution in [3.8, 4) is 5.75 Å². The van der Waals surface area contributed by atoms with Crippen LogP contribution in [0.1, 0.15) is 29.0 Å². The Morgan fingerprint density at radius 1 is 1.24 bits per heavy atom. The summed E-state index contributed by atoms with van der Waals surface area (Å²) in [6.07, 6.45) is 2.11. The Balaban J connectivity index is 1.73. The molecule has 4 rings (SSSR count). The summed E-state index contributed by atoms with van der Waals surface area (Å²) < 4.78 is 1.75. The van der Waals surface area contributed by atoms with E-state index in [4.69, 9.17) is 11.6 Å². The number of halogens is 1. The molecule has 1 aromatic heterocycles. The molecule has 126 valence electrons. The van der Waals surface area contributed by atoms with Crippen molar-refractivity contribution >= 4 is 23.3 Å². The van der Waals surface area contributed by atoms with Gasteiger partial charge in [0, 0.05) is 22.9 Å². The normalized spacial score (nSPS) is 16.4. The predicted molar refractivity (Wildman–Crippen MR) is 96.0 cm³/mol. The van der Waals surface area contributed by atoms with Crippen LogP contribution in [0.4, 0.5) is 5.82 Å². The largest absolute Gasteiger partial charge is 0.508 e. The summed E-state index contributed by atoms with van der Waals surface area (Å²) in [7, 11) is 0. The van der Waals surface area contributed by atoms with Gasteiger partial charge in [-0.25, -0.2) is 4.68 Å². The van der Waals surface area contributed by atoms with Crippen LogP contribution in [0.3, 0.4) is 0 Å². The van der Waals surface area contributed by atoms with Crippen LogP contribution >= 0.6 is 11.6 Å². The van der Waals surface area contributed by atoms with E-state index in [0.29, 0.717) is 23.8 Å². The van der Waals surface area contributed by atoms with Crippen molar-refractivity contribution in [3.63, 3.8) is 0 Å². The predicted octanol–water partition coefficient (Wildman–Crippen LogP) is 3.76. The summed E-state index contributed by atoms with van der Waals surface area (Å²) in [5.74, 6) is 0.676. The minimum Gasteiger partial charge on any atom is -0.508 e. The SMILES string of the molecule is O=C1C[C@@H](c2cccc(O)c2)c2cnn(Cc3ccccc3Cl)c2N1. The lowest BCUT2D eigenvalue weighted by molar-refractivity contribution is -0.116. The number of anilines is 1. The molecule has 0 spiro atoms. The number of benzene rings is 2. The molecular weight excluding hydrogens is 338 g/mol. The molecule has 2 N–H and O–H groups in total. The van der Waals surface area contributed by atoms with Crippen LogP contribution in [-0.4, -0.2) is 20.8 Å². The molecule has 5 nitrogen and oxygen atoms in total. The Morgan fingerprint density at radius 3 is 2.88 bits per heavy atom. The number of amides is 1. The van der Waals surface area contributed by atoms with Crippen molar-refractivity contribution < 1.29 is 9.90 Å². The highest BCUT2D eigenvalue weighted by molar-refractivity contribution is 6.31. The van der Waals surface area contributed by atoms with Crippen LogP contribution in [0.25, 0.3) is 0 Å². The van der Waals surface area contributed by atoms with E-state index in [-0.39, 0.29) is 17.6 Å². The number of hydrogen-bond acceptors (Lipinski definition) is 3. The van der Waals surface area contributed by atoms with E-state index in [2.05, 4.69) is 10.4 Å². The summed E-state index contributed by atoms with van der Waals surface area (Å²) in [4.78, 5) is 12.2. The quantitative estimate of drug-likeness (QED) is 0.753. The third-order valence-electron chi connectivity index (χ3n) is 4.44. The van der Waals surface area contributed by atoms with Gasteiger partial charge in [0.05, 0.1) is 12.7 Å². The summed E-state index contributed by atoms with van der Waals surface area (Å²) in [5, 5.41) is 17.8. The summed E-state index contributed by atoms with van der Waals surface area (Å²) in [6, 6.07) is 14.6. The number of aromatic hydroxyl groups is 1. The van der Waals surface area contributed by atoms with E-state index in [1.54, 1.807) is 29.1 Å². The van der Waals surface area contributed by atoms with Crippen LogP contribution in [0.5, 0.6) is 5.75 Å². The number of fused-ring (bicyclic) bond motifs is 1. The average Bonchev–Trinajstić information content (AvgIpc) is 2.99. The van der Waals surface area contributed by atoms with E-state index in [1.165, 1.54) is 0 Å². The molecule has 2 aromatic carbocycles. The van der Waals surface area contributed by atoms with E-state index in [0.717, 1.165) is 16.7 Å². The van der Waals surface area contributed by atoms with Gasteiger partial charge in [-0.3, -0.25) is 4.79 Å². The molecule has 0 fully saturated rings. The van der Waals surface area contributed by atoms with Crippen LogP contribution < -0.4 is 5.32 Å². The first-order valence-electron chi connectivity index (χ1n) is 7.99. The average molecular weight is 354 g/mol. The van der Waals surface area contributed by atoms with Gasteiger partial charge in [-0.05, 0) is 29.3 Å². The van der Waals surface area contributed by atoms with Crippen LogP contribution in [0.2, 0.25) is 5.02 Å². The van der Waals surface area contributed by atoms with Crippen molar-refractivity contribution in [1.29, 1.82) is 0 Å². The molecule has 6 heteroatoms. The zero-order valence-electron chi connectivity index (χ0n) is 13.3. The third kappa shape index (κ3) is 2.98. The fourth-order valence-electron chi connectivity index (χ4n) is 3.22. The van der Waals surface area contributed by atoms with E-state index in [1.807, 2.05) is 30.3 Å². The number of nitrogens with one attached hydrogen (secondary N) is 1. The molecule has 0 unspecified atom stereocenters. The lowest BCUT2D eigenvalue weighted by atomic mass is 9.87. The first-order valence-corrected chi connectivity index (χ1v) is 8.37. The second-order valence-electron chi connectivity index (χ2n) is 6.10. The number of carbonyl (C=O) groups is 1. The smallest absolute Gasteiger partial charge is 0.226 e. The Hall–Kier alpha value is -2.79. The number of phenols is 1. The maximum absolute atomic E-state index is 12.2. The number of phenolic OH excluding ortho intramolecular Hbond substituents is 1. The van der Waals surface area contributed by atoms with Crippen molar-refractivity contribution in [1.82, 2.24) is 9.78 Å². The fraction of sp³-hybridized carbons (Fsp3) is 0.158. The molecule has 1 aliphatic rings. The molecule has 3 aromatic rings. The molecule has 0 saturated heterocycles. The Bertz CT molecular complexity index is 951. The van der Waals surface area contributed by atoms with Crippen LogP contribution in [0.15, 0.2) is 54.7 Å². The summed E-state index contributed by atoms with van der Waals surface area (Å²) >= 11 is 6.24. The first kappa shape index (κ1) is 15.7. The summed E-state index contributed by atoms with van der Waals surface area (Å²) in [5.41, 5.74) is 2.77. The van der Waals surface area contributed by atoms with Gasteiger partial charge >= 0.3 is 0 Å². The zero-order chi connectivity index (χ0) is 17.4. The van der Waals surface area contributed by atoms with Gasteiger partial charge in [0.1, 0.15) is 11.6 Å². The third-order valence-corrected chi connectivity index (χ3v) is 4.81. The maximum atomic E-state index is 12.2. The lowest BCUT2D eigenvalue weighted by Crippen LogP contribution is -2.25. The lowest BCUT2D eigenvalue weighted by Gasteiger charge is -2.24. The molecule has 0 radical (unpaired) electrons. The van der Waals surface area contributed by atoms with Gasteiger partial charge in [0.2, 0.25) is 5.91 Å². The first-order chi connectivity index (χ1) is 12.1. The standard InChI is InChI=1S/C19H16ClN3O2/c20-17-7-2-1-4-13(17)11-23-19-16(10-21-23)15(9-18(25)22-19)12-5-3-6-14(24)8-12/h1-8,10,15,24H,9,11H2,(H,22,25)/t15-/m0/s1. The molecule has 25 heavy (non-hydrogen) atoms. The molecule has 1 amide bonds. The molecule has 2 heterocycles. The highest BCUT2D eigenvalue weighted by Gasteiger charge is 2.30. The minimum atomic E-state index is -0.129. The van der Waals surface area contributed by atoms with Gasteiger partial charge in [0.25, 0.3) is 0 Å². The van der Waals surface area contributed by atoms with E-state index >= 15 is 0 Å². The van der Waals surface area contributed by atoms with Gasteiger partial charge in [0.15, 0.2) is 0 Å². The van der Waals surface area contributed by atoms with Gasteiger partial charge < -0.3 is 10.4 Å². The van der Waals surface area contributed by atoms with Gasteiger partial charge in [-0.2, -0.15) is 5.10 Å². The highest BCUT2D eigenvalue weighted by atomic mass is 35.5. The molecule has 0 saturated carbocycles. The number of carbonyl (C=O) groups excluding carboxylic acids is 1. The minimum absolute atomic E-state index is 0.0678. The maximum Gasteiger partial charge on any atom is 0.226 e. The number of nitrogens with zero attached hydrogens (tertiary/aromatic N) is 2. The van der Waals surface area contributed by atoms with Crippen molar-refractivity contribution in [2.24, 2.45) is 0 Å². The van der Waals surface area contributed by atoms with E-state index < -0.39 is 0 Å². The molecule has 0 bridgehead atoms. The number of hydrogen-bond donors (Lipinski definition) is 2. The highest BCUT2D eigenvalue weighted by Crippen LogP contribution is 2.38. The summed E-state index contributed by atoms with van der Waals surface area (Å²) in [6.45, 7) is 0.474. The number of rotatable bonds is 3. The van der Waals surface area contributed by atoms with Crippen molar-refractivity contribution in [2.75, 3.05) is 5.32 Å². The zero-order valence-corrected chi connectivity index (χ0v) is 14.1. The second kappa shape index (κ2) is 6.26.